The van der Waals surface area contributed by atoms with Crippen molar-refractivity contribution >= 4 is 5.82 Å². The molecule has 2 heterocycles. The summed E-state index contributed by atoms with van der Waals surface area (Å²) in [5.74, 6) is 0.378. The van der Waals surface area contributed by atoms with Crippen molar-refractivity contribution in [1.82, 2.24) is 15.3 Å². The van der Waals surface area contributed by atoms with Gasteiger partial charge in [-0.1, -0.05) is 0 Å². The molecule has 17 heavy (non-hydrogen) atoms. The maximum atomic E-state index is 8.83. The summed E-state index contributed by atoms with van der Waals surface area (Å²) >= 11 is 0. The third-order valence-corrected chi connectivity index (χ3v) is 2.28. The predicted molar refractivity (Wildman–Crippen MR) is 59.3 cm³/mol. The lowest BCUT2D eigenvalue weighted by molar-refractivity contribution is -0.000857. The number of hydrogen-bond donors (Lipinski definition) is 2. The number of nitrogens with two attached hydrogens (primary N) is 1. The zero-order valence-electron chi connectivity index (χ0n) is 9.22. The fourth-order valence-corrected chi connectivity index (χ4v) is 1.46. The smallest absolute Gasteiger partial charge is 0.253 e. The lowest BCUT2D eigenvalue weighted by Crippen LogP contribution is -2.41. The van der Waals surface area contributed by atoms with E-state index >= 15 is 0 Å². The molecule has 1 aliphatic heterocycles. The van der Waals surface area contributed by atoms with Gasteiger partial charge in [0.1, 0.15) is 24.6 Å². The van der Waals surface area contributed by atoms with Gasteiger partial charge in [0, 0.05) is 13.1 Å². The van der Waals surface area contributed by atoms with E-state index in [0.29, 0.717) is 13.2 Å². The number of nitrogens with one attached hydrogen (secondary N) is 1. The number of nitrogens with zero attached hydrogens (tertiary/aromatic N) is 3. The second-order valence-corrected chi connectivity index (χ2v) is 3.57. The van der Waals surface area contributed by atoms with Crippen molar-refractivity contribution < 1.29 is 9.47 Å². The minimum absolute atomic E-state index is 0.0430. The Kier molecular flexibility index (Phi) is 3.69. The van der Waals surface area contributed by atoms with Gasteiger partial charge in [-0.2, -0.15) is 10.2 Å². The lowest BCUT2D eigenvalue weighted by atomic mass is 10.3. The number of ether oxygens (including phenoxy) is 2. The van der Waals surface area contributed by atoms with Crippen LogP contribution in [0.25, 0.3) is 0 Å². The highest BCUT2D eigenvalue weighted by molar-refractivity contribution is 5.37. The fourth-order valence-electron chi connectivity index (χ4n) is 1.46. The van der Waals surface area contributed by atoms with Crippen molar-refractivity contribution in [1.29, 1.82) is 5.26 Å². The zero-order chi connectivity index (χ0) is 12.1. The molecule has 1 fully saturated rings. The summed E-state index contributed by atoms with van der Waals surface area (Å²) in [7, 11) is 0. The van der Waals surface area contributed by atoms with Crippen molar-refractivity contribution in [2.24, 2.45) is 0 Å². The molecule has 2 rings (SSSR count). The Morgan fingerprint density at radius 3 is 3.29 bits per heavy atom. The topological polar surface area (TPSA) is 106 Å². The number of hydrogen-bond acceptors (Lipinski definition) is 7. The monoisotopic (exact) mass is 235 g/mol. The minimum Gasteiger partial charge on any atom is -0.473 e. The average molecular weight is 235 g/mol. The predicted octanol–water partition coefficient (Wildman–Crippen LogP) is -0.702. The largest absolute Gasteiger partial charge is 0.473 e. The molecule has 1 aliphatic rings. The highest BCUT2D eigenvalue weighted by Crippen LogP contribution is 2.13. The molecule has 3 N–H and O–H groups in total. The summed E-state index contributed by atoms with van der Waals surface area (Å²) in [6.07, 6.45) is 1.28. The molecule has 0 radical (unpaired) electrons. The molecule has 90 valence electrons. The summed E-state index contributed by atoms with van der Waals surface area (Å²) in [5, 5.41) is 12.0. The summed E-state index contributed by atoms with van der Waals surface area (Å²) in [6.45, 7) is 2.54. The Labute approximate surface area is 98.6 Å². The molecule has 0 amide bonds. The Hall–Kier alpha value is -1.91. The first-order chi connectivity index (χ1) is 8.29. The van der Waals surface area contributed by atoms with Gasteiger partial charge in [0.05, 0.1) is 12.8 Å². The zero-order valence-corrected chi connectivity index (χ0v) is 9.22. The van der Waals surface area contributed by atoms with E-state index in [2.05, 4.69) is 15.3 Å². The SMILES string of the molecule is N#Cc1ncc(N)nc1OC[C@H]1CNCCO1. The molecule has 1 atom stereocenters. The number of nitrogen functional groups attached to an aromatic ring is 1. The summed E-state index contributed by atoms with van der Waals surface area (Å²) in [5.41, 5.74) is 5.61. The molecule has 0 aromatic carbocycles. The minimum atomic E-state index is -0.0430. The first-order valence-electron chi connectivity index (χ1n) is 5.27. The number of nitriles is 1. The van der Waals surface area contributed by atoms with E-state index in [1.165, 1.54) is 6.20 Å². The molecule has 1 saturated heterocycles. The third-order valence-electron chi connectivity index (χ3n) is 2.28. The van der Waals surface area contributed by atoms with Gasteiger partial charge in [-0.3, -0.25) is 0 Å². The van der Waals surface area contributed by atoms with Crippen LogP contribution in [0, 0.1) is 11.3 Å². The Morgan fingerprint density at radius 2 is 2.59 bits per heavy atom. The summed E-state index contributed by atoms with van der Waals surface area (Å²) < 4.78 is 10.9. The van der Waals surface area contributed by atoms with Crippen LogP contribution in [0.5, 0.6) is 5.88 Å². The average Bonchev–Trinajstić information content (AvgIpc) is 2.38. The Balaban J connectivity index is 1.98. The van der Waals surface area contributed by atoms with Gasteiger partial charge in [0.25, 0.3) is 5.88 Å². The number of aromatic nitrogens is 2. The molecule has 0 unspecified atom stereocenters. The van der Waals surface area contributed by atoms with Crippen molar-refractivity contribution in [2.45, 2.75) is 6.10 Å². The molecule has 7 nitrogen and oxygen atoms in total. The number of rotatable bonds is 3. The van der Waals surface area contributed by atoms with Crippen molar-refractivity contribution in [3.05, 3.63) is 11.9 Å². The highest BCUT2D eigenvalue weighted by atomic mass is 16.5. The maximum absolute atomic E-state index is 8.83. The van der Waals surface area contributed by atoms with Crippen molar-refractivity contribution in [3.63, 3.8) is 0 Å². The van der Waals surface area contributed by atoms with Crippen LogP contribution in [-0.4, -0.2) is 42.4 Å². The first-order valence-corrected chi connectivity index (χ1v) is 5.27. The van der Waals surface area contributed by atoms with Crippen LogP contribution in [-0.2, 0) is 4.74 Å². The van der Waals surface area contributed by atoms with Crippen LogP contribution in [0.4, 0.5) is 5.82 Å². The van der Waals surface area contributed by atoms with E-state index in [-0.39, 0.29) is 23.5 Å². The molecule has 1 aromatic rings. The Bertz CT molecular complexity index is 425. The van der Waals surface area contributed by atoms with E-state index in [9.17, 15) is 0 Å². The van der Waals surface area contributed by atoms with Gasteiger partial charge in [0.2, 0.25) is 5.69 Å². The summed E-state index contributed by atoms with van der Waals surface area (Å²) in [6, 6.07) is 1.90. The first kappa shape index (κ1) is 11.6. The van der Waals surface area contributed by atoms with Crippen LogP contribution in [0.2, 0.25) is 0 Å². The van der Waals surface area contributed by atoms with Crippen LogP contribution < -0.4 is 15.8 Å². The second kappa shape index (κ2) is 5.43. The highest BCUT2D eigenvalue weighted by Gasteiger charge is 2.16. The van der Waals surface area contributed by atoms with E-state index in [1.807, 2.05) is 6.07 Å². The lowest BCUT2D eigenvalue weighted by Gasteiger charge is -2.23. The molecule has 0 spiro atoms. The normalized spacial score (nSPS) is 19.6. The number of anilines is 1. The molecular weight excluding hydrogens is 222 g/mol. The van der Waals surface area contributed by atoms with E-state index in [4.69, 9.17) is 20.5 Å². The molecule has 0 saturated carbocycles. The van der Waals surface area contributed by atoms with Crippen molar-refractivity contribution in [2.75, 3.05) is 32.0 Å². The van der Waals surface area contributed by atoms with Crippen LogP contribution >= 0.6 is 0 Å². The fraction of sp³-hybridized carbons (Fsp3) is 0.500. The van der Waals surface area contributed by atoms with E-state index in [0.717, 1.165) is 13.1 Å². The third kappa shape index (κ3) is 3.03. The quantitative estimate of drug-likeness (QED) is 0.713. The van der Waals surface area contributed by atoms with Gasteiger partial charge < -0.3 is 20.5 Å². The standard InChI is InChI=1S/C10H13N5O2/c11-3-8-10(15-9(12)5-14-8)17-6-7-4-13-1-2-16-7/h5,7,13H,1-2,4,6H2,(H2,12,15)/t7-/m1/s1. The van der Waals surface area contributed by atoms with E-state index in [1.54, 1.807) is 0 Å². The molecule has 0 aliphatic carbocycles. The molecule has 7 heteroatoms. The van der Waals surface area contributed by atoms with Crippen LogP contribution in [0.3, 0.4) is 0 Å². The van der Waals surface area contributed by atoms with E-state index < -0.39 is 0 Å². The van der Waals surface area contributed by atoms with Crippen LogP contribution in [0.15, 0.2) is 6.20 Å². The van der Waals surface area contributed by atoms with Gasteiger partial charge in [0.15, 0.2) is 0 Å². The molecule has 0 bridgehead atoms. The molecular formula is C10H13N5O2. The van der Waals surface area contributed by atoms with Gasteiger partial charge in [-0.25, -0.2) is 4.98 Å². The molecule has 1 aromatic heterocycles. The van der Waals surface area contributed by atoms with Gasteiger partial charge >= 0.3 is 0 Å². The number of morpholine rings is 1. The van der Waals surface area contributed by atoms with Gasteiger partial charge in [-0.15, -0.1) is 0 Å². The maximum Gasteiger partial charge on any atom is 0.253 e. The van der Waals surface area contributed by atoms with Crippen LogP contribution in [0.1, 0.15) is 5.69 Å². The summed E-state index contributed by atoms with van der Waals surface area (Å²) in [4.78, 5) is 7.75. The second-order valence-electron chi connectivity index (χ2n) is 3.57. The van der Waals surface area contributed by atoms with Crippen molar-refractivity contribution in [3.8, 4) is 11.9 Å². The van der Waals surface area contributed by atoms with Gasteiger partial charge in [-0.05, 0) is 0 Å². The Morgan fingerprint density at radius 1 is 1.71 bits per heavy atom.